The van der Waals surface area contributed by atoms with E-state index in [1.54, 1.807) is 0 Å². The summed E-state index contributed by atoms with van der Waals surface area (Å²) in [7, 11) is 0. The number of nitrogens with one attached hydrogen (secondary N) is 1. The summed E-state index contributed by atoms with van der Waals surface area (Å²) in [4.78, 5) is 4.67. The van der Waals surface area contributed by atoms with Gasteiger partial charge in [0.1, 0.15) is 5.82 Å². The molecule has 0 atom stereocenters. The second-order valence-corrected chi connectivity index (χ2v) is 5.17. The van der Waals surface area contributed by atoms with Gasteiger partial charge in [-0.3, -0.25) is 0 Å². The van der Waals surface area contributed by atoms with Gasteiger partial charge >= 0.3 is 0 Å². The average molecular weight is 216 g/mol. The van der Waals surface area contributed by atoms with Gasteiger partial charge in [0, 0.05) is 12.2 Å². The molecule has 3 rings (SSSR count). The number of pyridine rings is 1. The van der Waals surface area contributed by atoms with Gasteiger partial charge < -0.3 is 5.32 Å². The Morgan fingerprint density at radius 1 is 1.25 bits per heavy atom. The highest BCUT2D eigenvalue weighted by atomic mass is 15.0. The van der Waals surface area contributed by atoms with E-state index in [1.807, 2.05) is 0 Å². The van der Waals surface area contributed by atoms with Crippen LogP contribution in [0.2, 0.25) is 0 Å². The first-order valence-electron chi connectivity index (χ1n) is 6.64. The first-order chi connectivity index (χ1) is 7.92. The van der Waals surface area contributed by atoms with Gasteiger partial charge in [0.15, 0.2) is 0 Å². The minimum atomic E-state index is 1.05. The van der Waals surface area contributed by atoms with Crippen LogP contribution in [0.4, 0.5) is 5.82 Å². The molecule has 0 bridgehead atoms. The van der Waals surface area contributed by atoms with Gasteiger partial charge in [-0.25, -0.2) is 4.98 Å². The van der Waals surface area contributed by atoms with Gasteiger partial charge in [-0.1, -0.05) is 18.9 Å². The Morgan fingerprint density at radius 2 is 2.19 bits per heavy atom. The van der Waals surface area contributed by atoms with Crippen molar-refractivity contribution in [3.05, 3.63) is 23.4 Å². The monoisotopic (exact) mass is 216 g/mol. The van der Waals surface area contributed by atoms with Crippen LogP contribution in [-0.4, -0.2) is 11.5 Å². The molecule has 2 heteroatoms. The molecule has 0 radical (unpaired) electrons. The Hall–Kier alpha value is -1.05. The van der Waals surface area contributed by atoms with Gasteiger partial charge in [0.2, 0.25) is 0 Å². The quantitative estimate of drug-likeness (QED) is 0.765. The molecule has 0 saturated heterocycles. The molecule has 1 aromatic heterocycles. The summed E-state index contributed by atoms with van der Waals surface area (Å²) in [5.41, 5.74) is 2.79. The summed E-state index contributed by atoms with van der Waals surface area (Å²) in [6.45, 7) is 1.09. The fraction of sp³-hybridized carbons (Fsp3) is 0.643. The Morgan fingerprint density at radius 3 is 3.06 bits per heavy atom. The van der Waals surface area contributed by atoms with Crippen LogP contribution in [-0.2, 0) is 12.8 Å². The van der Waals surface area contributed by atoms with E-state index in [0.29, 0.717) is 0 Å². The van der Waals surface area contributed by atoms with Crippen LogP contribution in [0.3, 0.4) is 0 Å². The molecule has 16 heavy (non-hydrogen) atoms. The number of rotatable bonds is 5. The van der Waals surface area contributed by atoms with Crippen molar-refractivity contribution in [2.24, 2.45) is 5.92 Å². The maximum absolute atomic E-state index is 4.67. The minimum Gasteiger partial charge on any atom is -0.370 e. The van der Waals surface area contributed by atoms with E-state index in [9.17, 15) is 0 Å². The molecule has 0 spiro atoms. The average Bonchev–Trinajstić information content (AvgIpc) is 3.01. The summed E-state index contributed by atoms with van der Waals surface area (Å²) >= 11 is 0. The molecule has 2 aliphatic carbocycles. The van der Waals surface area contributed by atoms with E-state index in [0.717, 1.165) is 18.3 Å². The van der Waals surface area contributed by atoms with Crippen molar-refractivity contribution in [2.45, 2.75) is 44.9 Å². The lowest BCUT2D eigenvalue weighted by Gasteiger charge is -2.07. The van der Waals surface area contributed by atoms with Crippen LogP contribution >= 0.6 is 0 Å². The largest absolute Gasteiger partial charge is 0.370 e. The maximum atomic E-state index is 4.67. The smallest absolute Gasteiger partial charge is 0.126 e. The topological polar surface area (TPSA) is 24.9 Å². The van der Waals surface area contributed by atoms with Crippen LogP contribution in [0.25, 0.3) is 0 Å². The Bertz CT molecular complexity index is 369. The maximum Gasteiger partial charge on any atom is 0.126 e. The second-order valence-electron chi connectivity index (χ2n) is 5.17. The molecule has 0 amide bonds. The van der Waals surface area contributed by atoms with Crippen molar-refractivity contribution < 1.29 is 0 Å². The molecule has 1 fully saturated rings. The molecule has 0 aromatic carbocycles. The normalized spacial score (nSPS) is 18.5. The number of nitrogens with zero attached hydrogens (tertiary/aromatic N) is 1. The molecule has 2 nitrogen and oxygen atoms in total. The zero-order chi connectivity index (χ0) is 10.8. The standard InChI is InChI=1S/C14H20N2/c1-4-12-8-9-14(16-13(12)5-1)15-10-2-3-11-6-7-11/h8-9,11H,1-7,10H2,(H,15,16). The number of hydrogen-bond acceptors (Lipinski definition) is 2. The van der Waals surface area contributed by atoms with Gasteiger partial charge in [0.05, 0.1) is 0 Å². The molecule has 1 N–H and O–H groups in total. The third kappa shape index (κ3) is 2.37. The molecular weight excluding hydrogens is 196 g/mol. The summed E-state index contributed by atoms with van der Waals surface area (Å²) in [5.74, 6) is 2.13. The van der Waals surface area contributed by atoms with Crippen molar-refractivity contribution >= 4 is 5.82 Å². The van der Waals surface area contributed by atoms with E-state index in [-0.39, 0.29) is 0 Å². The fourth-order valence-electron chi connectivity index (χ4n) is 2.53. The number of aromatic nitrogens is 1. The zero-order valence-electron chi connectivity index (χ0n) is 9.84. The summed E-state index contributed by atoms with van der Waals surface area (Å²) in [6, 6.07) is 4.39. The number of fused-ring (bicyclic) bond motifs is 1. The number of aryl methyl sites for hydroxylation is 2. The Labute approximate surface area is 97.5 Å². The van der Waals surface area contributed by atoms with Gasteiger partial charge in [-0.05, 0) is 49.7 Å². The molecule has 1 saturated carbocycles. The third-order valence-electron chi connectivity index (χ3n) is 3.72. The molecule has 1 heterocycles. The van der Waals surface area contributed by atoms with Gasteiger partial charge in [0.25, 0.3) is 0 Å². The zero-order valence-corrected chi connectivity index (χ0v) is 9.84. The molecular formula is C14H20N2. The van der Waals surface area contributed by atoms with Gasteiger partial charge in [-0.15, -0.1) is 0 Å². The fourth-order valence-corrected chi connectivity index (χ4v) is 2.53. The molecule has 1 aromatic rings. The van der Waals surface area contributed by atoms with Gasteiger partial charge in [-0.2, -0.15) is 0 Å². The number of anilines is 1. The summed E-state index contributed by atoms with van der Waals surface area (Å²) < 4.78 is 0. The van der Waals surface area contributed by atoms with E-state index >= 15 is 0 Å². The Kier molecular flexibility index (Phi) is 2.81. The number of hydrogen-bond donors (Lipinski definition) is 1. The predicted octanol–water partition coefficient (Wildman–Crippen LogP) is 3.17. The highest BCUT2D eigenvalue weighted by Gasteiger charge is 2.20. The van der Waals surface area contributed by atoms with E-state index in [2.05, 4.69) is 22.4 Å². The first-order valence-corrected chi connectivity index (χ1v) is 6.64. The molecule has 0 aliphatic heterocycles. The first kappa shape index (κ1) is 10.1. The summed E-state index contributed by atoms with van der Waals surface area (Å²) in [6.07, 6.45) is 9.32. The lowest BCUT2D eigenvalue weighted by molar-refractivity contribution is 0.686. The Balaban J connectivity index is 1.49. The van der Waals surface area contributed by atoms with Crippen LogP contribution in [0.5, 0.6) is 0 Å². The van der Waals surface area contributed by atoms with E-state index in [4.69, 9.17) is 0 Å². The second kappa shape index (κ2) is 4.44. The van der Waals surface area contributed by atoms with Crippen molar-refractivity contribution in [1.82, 2.24) is 4.98 Å². The highest BCUT2D eigenvalue weighted by molar-refractivity contribution is 5.40. The SMILES string of the molecule is c1cc2c(nc1NCCCC1CC1)CCC2. The third-order valence-corrected chi connectivity index (χ3v) is 3.72. The van der Waals surface area contributed by atoms with Crippen LogP contribution in [0, 0.1) is 5.92 Å². The van der Waals surface area contributed by atoms with Crippen molar-refractivity contribution in [3.8, 4) is 0 Å². The molecule has 86 valence electrons. The van der Waals surface area contributed by atoms with E-state index < -0.39 is 0 Å². The van der Waals surface area contributed by atoms with Crippen LogP contribution in [0.15, 0.2) is 12.1 Å². The highest BCUT2D eigenvalue weighted by Crippen LogP contribution is 2.33. The summed E-state index contributed by atoms with van der Waals surface area (Å²) in [5, 5.41) is 3.45. The van der Waals surface area contributed by atoms with Crippen molar-refractivity contribution in [3.63, 3.8) is 0 Å². The lowest BCUT2D eigenvalue weighted by Crippen LogP contribution is -2.04. The lowest BCUT2D eigenvalue weighted by atomic mass is 10.2. The van der Waals surface area contributed by atoms with E-state index in [1.165, 1.54) is 56.2 Å². The minimum absolute atomic E-state index is 1.05. The predicted molar refractivity (Wildman–Crippen MR) is 66.7 cm³/mol. The van der Waals surface area contributed by atoms with Crippen LogP contribution in [0.1, 0.15) is 43.4 Å². The molecule has 2 aliphatic rings. The molecule has 0 unspecified atom stereocenters. The van der Waals surface area contributed by atoms with Crippen LogP contribution < -0.4 is 5.32 Å². The van der Waals surface area contributed by atoms with Crippen molar-refractivity contribution in [2.75, 3.05) is 11.9 Å². The van der Waals surface area contributed by atoms with Crippen molar-refractivity contribution in [1.29, 1.82) is 0 Å².